The average molecular weight is 679 g/mol. The van der Waals surface area contributed by atoms with Crippen LogP contribution in [-0.4, -0.2) is 33.3 Å². The number of carbonyl (C=O) groups is 2. The Morgan fingerprint density at radius 3 is 1.85 bits per heavy atom. The first-order valence-electron chi connectivity index (χ1n) is 15.4. The Balaban J connectivity index is 2.14. The number of anilines is 3. The summed E-state index contributed by atoms with van der Waals surface area (Å²) in [7, 11) is -3.87. The van der Waals surface area contributed by atoms with Crippen molar-refractivity contribution in [2.24, 2.45) is 5.92 Å². The monoisotopic (exact) mass is 678 g/mol. The van der Waals surface area contributed by atoms with Crippen molar-refractivity contribution >= 4 is 39.1 Å². The predicted octanol–water partition coefficient (Wildman–Crippen LogP) is 8.40. The molecular weight excluding hydrogens is 635 g/mol. The van der Waals surface area contributed by atoms with Gasteiger partial charge in [-0.15, -0.1) is 0 Å². The minimum atomic E-state index is -3.87. The Bertz CT molecular complexity index is 1400. The second-order valence-corrected chi connectivity index (χ2v) is 12.9. The highest BCUT2D eigenvalue weighted by atomic mass is 32.2. The van der Waals surface area contributed by atoms with Crippen molar-refractivity contribution < 1.29 is 44.7 Å². The van der Waals surface area contributed by atoms with Crippen molar-refractivity contribution in [3.05, 3.63) is 52.8 Å². The number of sulfonamides is 1. The van der Waals surface area contributed by atoms with Crippen molar-refractivity contribution in [2.75, 3.05) is 28.3 Å². The largest absolute Gasteiger partial charge is 0.462 e. The normalized spacial score (nSPS) is 12.0. The van der Waals surface area contributed by atoms with Crippen LogP contribution in [0.15, 0.2) is 18.2 Å². The molecule has 0 aromatic heterocycles. The minimum absolute atomic E-state index is 0.0358. The lowest BCUT2D eigenvalue weighted by Gasteiger charge is -2.18. The van der Waals surface area contributed by atoms with E-state index in [4.69, 9.17) is 4.74 Å². The lowest BCUT2D eigenvalue weighted by Crippen LogP contribution is -2.35. The van der Waals surface area contributed by atoms with Crippen LogP contribution < -0.4 is 20.9 Å². The summed E-state index contributed by atoms with van der Waals surface area (Å²) in [6, 6.07) is 2.31. The number of nitrogens with one attached hydrogen (secondary N) is 4. The number of halogens is 5. The van der Waals surface area contributed by atoms with Crippen LogP contribution in [0, 0.1) is 35.0 Å². The molecule has 0 radical (unpaired) electrons. The van der Waals surface area contributed by atoms with Crippen LogP contribution in [0.4, 0.5) is 43.8 Å². The summed E-state index contributed by atoms with van der Waals surface area (Å²) >= 11 is 0. The van der Waals surface area contributed by atoms with Gasteiger partial charge in [0, 0.05) is 0 Å². The molecule has 0 saturated carbocycles. The van der Waals surface area contributed by atoms with Crippen LogP contribution >= 0.6 is 0 Å². The van der Waals surface area contributed by atoms with Crippen LogP contribution in [-0.2, 0) is 14.8 Å². The zero-order chi connectivity index (χ0) is 34.3. The summed E-state index contributed by atoms with van der Waals surface area (Å²) in [6.45, 7) is 4.47. The van der Waals surface area contributed by atoms with Crippen LogP contribution in [0.2, 0.25) is 0 Å². The number of amides is 2. The molecule has 0 aliphatic carbocycles. The van der Waals surface area contributed by atoms with E-state index in [1.54, 1.807) is 10.9 Å². The van der Waals surface area contributed by atoms with Gasteiger partial charge in [0.1, 0.15) is 5.69 Å². The summed E-state index contributed by atoms with van der Waals surface area (Å²) in [5.74, 6) is -11.9. The molecule has 4 N–H and O–H groups in total. The summed E-state index contributed by atoms with van der Waals surface area (Å²) < 4.78 is 99.7. The summed E-state index contributed by atoms with van der Waals surface area (Å²) in [6.07, 6.45) is 13.8. The van der Waals surface area contributed by atoms with E-state index >= 15 is 0 Å². The SMILES string of the molecule is CCCCCCCCC(CCCCCC)COC(=O)c1ccc(NS(C)(=O)=O)c(NC(=O)NNc2c(F)c(F)c(F)c(F)c2F)c1. The van der Waals surface area contributed by atoms with E-state index in [9.17, 15) is 40.0 Å². The van der Waals surface area contributed by atoms with Gasteiger partial charge in [0.2, 0.25) is 15.8 Å². The number of hydrazine groups is 1. The summed E-state index contributed by atoms with van der Waals surface area (Å²) in [5, 5.41) is 2.18. The Morgan fingerprint density at radius 1 is 0.761 bits per heavy atom. The highest BCUT2D eigenvalue weighted by Gasteiger charge is 2.26. The maximum absolute atomic E-state index is 14.0. The number of hydrogen-bond donors (Lipinski definition) is 4. The topological polar surface area (TPSA) is 126 Å². The average Bonchev–Trinajstić information content (AvgIpc) is 3.01. The molecule has 2 aromatic rings. The molecule has 2 rings (SSSR count). The third-order valence-electron chi connectivity index (χ3n) is 7.19. The van der Waals surface area contributed by atoms with Gasteiger partial charge in [0.05, 0.1) is 29.8 Å². The van der Waals surface area contributed by atoms with Crippen LogP contribution in [0.5, 0.6) is 0 Å². The second kappa shape index (κ2) is 19.1. The molecule has 0 saturated heterocycles. The van der Waals surface area contributed by atoms with Crippen molar-refractivity contribution in [1.82, 2.24) is 5.43 Å². The molecule has 2 aromatic carbocycles. The number of rotatable bonds is 20. The van der Waals surface area contributed by atoms with Gasteiger partial charge in [-0.25, -0.2) is 40.0 Å². The first-order valence-corrected chi connectivity index (χ1v) is 17.3. The van der Waals surface area contributed by atoms with Crippen molar-refractivity contribution in [3.8, 4) is 0 Å². The molecule has 258 valence electrons. The van der Waals surface area contributed by atoms with Crippen molar-refractivity contribution in [1.29, 1.82) is 0 Å². The van der Waals surface area contributed by atoms with E-state index in [2.05, 4.69) is 23.9 Å². The predicted molar refractivity (Wildman–Crippen MR) is 167 cm³/mol. The summed E-state index contributed by atoms with van der Waals surface area (Å²) in [4.78, 5) is 25.5. The Hall–Kier alpha value is -3.62. The molecule has 2 amide bonds. The summed E-state index contributed by atoms with van der Waals surface area (Å²) in [5.41, 5.74) is 1.33. The fourth-order valence-electron chi connectivity index (χ4n) is 4.71. The van der Waals surface area contributed by atoms with E-state index < -0.39 is 56.8 Å². The Kier molecular flexibility index (Phi) is 16.0. The van der Waals surface area contributed by atoms with Crippen LogP contribution in [0.3, 0.4) is 0 Å². The number of benzene rings is 2. The molecule has 0 aliphatic rings. The van der Waals surface area contributed by atoms with Crippen LogP contribution in [0.1, 0.15) is 101 Å². The van der Waals surface area contributed by atoms with Gasteiger partial charge in [0.15, 0.2) is 23.3 Å². The van der Waals surface area contributed by atoms with Gasteiger partial charge < -0.3 is 10.1 Å². The smallest absolute Gasteiger partial charge is 0.338 e. The lowest BCUT2D eigenvalue weighted by atomic mass is 9.95. The van der Waals surface area contributed by atoms with Gasteiger partial charge in [-0.1, -0.05) is 78.1 Å². The molecule has 0 spiro atoms. The molecule has 15 heteroatoms. The van der Waals surface area contributed by atoms with Gasteiger partial charge in [-0.05, 0) is 37.0 Å². The molecule has 0 heterocycles. The van der Waals surface area contributed by atoms with Crippen molar-refractivity contribution in [2.45, 2.75) is 90.9 Å². The van der Waals surface area contributed by atoms with E-state index in [0.29, 0.717) is 0 Å². The number of urea groups is 1. The highest BCUT2D eigenvalue weighted by Crippen LogP contribution is 2.28. The molecular formula is C31H43F5N4O5S. The molecule has 46 heavy (non-hydrogen) atoms. The van der Waals surface area contributed by atoms with Gasteiger partial charge in [-0.3, -0.25) is 15.6 Å². The minimum Gasteiger partial charge on any atom is -0.462 e. The maximum Gasteiger partial charge on any atom is 0.338 e. The Morgan fingerprint density at radius 2 is 1.28 bits per heavy atom. The molecule has 0 fully saturated rings. The van der Waals surface area contributed by atoms with E-state index in [1.165, 1.54) is 31.4 Å². The van der Waals surface area contributed by atoms with Gasteiger partial charge in [-0.2, -0.15) is 0 Å². The fraction of sp³-hybridized carbons (Fsp3) is 0.548. The lowest BCUT2D eigenvalue weighted by molar-refractivity contribution is 0.0422. The maximum atomic E-state index is 14.0. The number of carbonyl (C=O) groups excluding carboxylic acids is 2. The number of esters is 1. The zero-order valence-electron chi connectivity index (χ0n) is 26.3. The Labute approximate surface area is 267 Å². The van der Waals surface area contributed by atoms with Gasteiger partial charge >= 0.3 is 12.0 Å². The first-order chi connectivity index (χ1) is 21.8. The standard InChI is InChI=1S/C31H43F5N4O5S/c1-4-6-8-10-11-13-15-20(14-12-9-7-5-2)19-45-30(41)21-16-17-22(40-46(3,43)44)23(18-21)37-31(42)39-38-29-27(35)25(33)24(32)26(34)28(29)36/h16-18,20,38,40H,4-15,19H2,1-3H3,(H2,37,39,42). The third kappa shape index (κ3) is 12.6. The van der Waals surface area contributed by atoms with E-state index in [0.717, 1.165) is 70.1 Å². The van der Waals surface area contributed by atoms with Crippen LogP contribution in [0.25, 0.3) is 0 Å². The fourth-order valence-corrected chi connectivity index (χ4v) is 5.29. The number of hydrogen-bond acceptors (Lipinski definition) is 6. The van der Waals surface area contributed by atoms with Gasteiger partial charge in [0.25, 0.3) is 0 Å². The number of ether oxygens (including phenoxy) is 1. The number of unbranched alkanes of at least 4 members (excludes halogenated alkanes) is 8. The molecule has 9 nitrogen and oxygen atoms in total. The third-order valence-corrected chi connectivity index (χ3v) is 7.78. The zero-order valence-corrected chi connectivity index (χ0v) is 27.2. The quantitative estimate of drug-likeness (QED) is 0.0278. The molecule has 1 unspecified atom stereocenters. The second-order valence-electron chi connectivity index (χ2n) is 11.2. The molecule has 0 bridgehead atoms. The van der Waals surface area contributed by atoms with E-state index in [1.807, 2.05) is 0 Å². The van der Waals surface area contributed by atoms with Crippen molar-refractivity contribution in [3.63, 3.8) is 0 Å². The molecule has 1 atom stereocenters. The molecule has 0 aliphatic heterocycles. The van der Waals surface area contributed by atoms with E-state index in [-0.39, 0.29) is 29.5 Å². The first kappa shape index (κ1) is 38.6. The highest BCUT2D eigenvalue weighted by molar-refractivity contribution is 7.92.